The van der Waals surface area contributed by atoms with Gasteiger partial charge in [0.2, 0.25) is 5.91 Å². The average Bonchev–Trinajstić information content (AvgIpc) is 3.44. The van der Waals surface area contributed by atoms with Crippen LogP contribution in [0.2, 0.25) is 0 Å². The fourth-order valence-electron chi connectivity index (χ4n) is 3.84. The zero-order valence-electron chi connectivity index (χ0n) is 20.6. The molecule has 0 aliphatic heterocycles. The fourth-order valence-corrected chi connectivity index (χ4v) is 5.10. The van der Waals surface area contributed by atoms with E-state index < -0.39 is 21.8 Å². The Bertz CT molecular complexity index is 1700. The number of nitrogens with one attached hydrogen (secondary N) is 3. The number of nitrogens with zero attached hydrogens (tertiary/aromatic N) is 1. The number of benzene rings is 4. The predicted octanol–water partition coefficient (Wildman–Crippen LogP) is 4.73. The first kappa shape index (κ1) is 25.6. The fraction of sp³-hybridized carbons (Fsp3) is 0.0345. The molecule has 5 aromatic rings. The quantitative estimate of drug-likeness (QED) is 0.234. The first-order valence-corrected chi connectivity index (χ1v) is 13.4. The molecule has 196 valence electrons. The molecule has 39 heavy (non-hydrogen) atoms. The molecular formula is C29H24N4O5S. The topological polar surface area (TPSA) is 121 Å². The Balaban J connectivity index is 1.26. The third-order valence-electron chi connectivity index (χ3n) is 5.78. The Hall–Kier alpha value is -5.09. The van der Waals surface area contributed by atoms with Crippen molar-refractivity contribution in [2.24, 2.45) is 0 Å². The highest BCUT2D eigenvalue weighted by Crippen LogP contribution is 2.26. The van der Waals surface area contributed by atoms with Crippen molar-refractivity contribution in [2.45, 2.75) is 4.90 Å². The van der Waals surface area contributed by atoms with Crippen molar-refractivity contribution in [1.29, 1.82) is 0 Å². The van der Waals surface area contributed by atoms with Crippen LogP contribution < -0.4 is 19.9 Å². The lowest BCUT2D eigenvalue weighted by Gasteiger charge is -2.24. The summed E-state index contributed by atoms with van der Waals surface area (Å²) < 4.78 is 27.9. The molecule has 0 spiro atoms. The molecule has 0 saturated carbocycles. The maximum atomic E-state index is 13.5. The highest BCUT2D eigenvalue weighted by molar-refractivity contribution is 7.92. The molecule has 0 atom stereocenters. The molecule has 0 aliphatic rings. The van der Waals surface area contributed by atoms with Crippen molar-refractivity contribution in [2.75, 3.05) is 16.3 Å². The molecule has 9 nitrogen and oxygen atoms in total. The molecule has 10 heteroatoms. The van der Waals surface area contributed by atoms with E-state index in [1.54, 1.807) is 66.7 Å². The molecule has 3 N–H and O–H groups in total. The molecular weight excluding hydrogens is 516 g/mol. The molecule has 1 aromatic heterocycles. The van der Waals surface area contributed by atoms with Crippen molar-refractivity contribution in [3.8, 4) is 5.75 Å². The number of fused-ring (bicyclic) bond motifs is 1. The summed E-state index contributed by atoms with van der Waals surface area (Å²) in [4.78, 5) is 33.7. The van der Waals surface area contributed by atoms with Crippen LogP contribution in [0.3, 0.4) is 0 Å². The van der Waals surface area contributed by atoms with Crippen molar-refractivity contribution in [3.63, 3.8) is 0 Å². The lowest BCUT2D eigenvalue weighted by molar-refractivity contribution is -0.115. The molecule has 0 bridgehead atoms. The van der Waals surface area contributed by atoms with Crippen molar-refractivity contribution in [1.82, 2.24) is 10.3 Å². The highest BCUT2D eigenvalue weighted by Gasteiger charge is 2.27. The Labute approximate surface area is 225 Å². The number of amides is 2. The molecule has 1 heterocycles. The Morgan fingerprint density at radius 3 is 2.23 bits per heavy atom. The first-order chi connectivity index (χ1) is 18.9. The van der Waals surface area contributed by atoms with Crippen LogP contribution in [0, 0.1) is 0 Å². The summed E-state index contributed by atoms with van der Waals surface area (Å²) in [6, 6.07) is 29.7. The molecule has 0 radical (unpaired) electrons. The summed E-state index contributed by atoms with van der Waals surface area (Å²) in [6.45, 7) is -0.253. The number of para-hydroxylation sites is 2. The van der Waals surface area contributed by atoms with Gasteiger partial charge >= 0.3 is 0 Å². The molecule has 0 unspecified atom stereocenters. The number of carbonyl (C=O) groups is 2. The summed E-state index contributed by atoms with van der Waals surface area (Å²) >= 11 is 0. The number of hydrogen-bond acceptors (Lipinski definition) is 5. The maximum Gasteiger partial charge on any atom is 0.295 e. The van der Waals surface area contributed by atoms with Gasteiger partial charge < -0.3 is 20.5 Å². The monoisotopic (exact) mass is 540 g/mol. The predicted molar refractivity (Wildman–Crippen MR) is 149 cm³/mol. The van der Waals surface area contributed by atoms with Gasteiger partial charge in [0, 0.05) is 28.4 Å². The third kappa shape index (κ3) is 5.91. The minimum Gasteiger partial charge on any atom is -0.364 e. The highest BCUT2D eigenvalue weighted by atomic mass is 32.2. The number of H-pyrrole nitrogens is 1. The van der Waals surface area contributed by atoms with Gasteiger partial charge in [-0.1, -0.05) is 40.9 Å². The van der Waals surface area contributed by atoms with Crippen LogP contribution in [0.4, 0.5) is 11.4 Å². The van der Waals surface area contributed by atoms with Crippen LogP contribution in [0.5, 0.6) is 5.75 Å². The molecule has 0 fully saturated rings. The van der Waals surface area contributed by atoms with E-state index in [0.717, 1.165) is 15.4 Å². The van der Waals surface area contributed by atoms with Gasteiger partial charge in [0.1, 0.15) is 0 Å². The average molecular weight is 541 g/mol. The van der Waals surface area contributed by atoms with Crippen LogP contribution in [-0.2, 0) is 14.8 Å². The van der Waals surface area contributed by atoms with Gasteiger partial charge in [-0.25, -0.2) is 0 Å². The van der Waals surface area contributed by atoms with Gasteiger partial charge in [0.15, 0.2) is 5.75 Å². The number of hydrogen-bond donors (Lipinski definition) is 3. The lowest BCUT2D eigenvalue weighted by atomic mass is 10.2. The van der Waals surface area contributed by atoms with Crippen LogP contribution in [0.15, 0.2) is 120 Å². The summed E-state index contributed by atoms with van der Waals surface area (Å²) in [7, 11) is -4.15. The van der Waals surface area contributed by atoms with Gasteiger partial charge in [0.05, 0.1) is 17.1 Å². The Morgan fingerprint density at radius 2 is 1.51 bits per heavy atom. The number of carbonyl (C=O) groups excluding carboxylic acids is 2. The Morgan fingerprint density at radius 1 is 0.821 bits per heavy atom. The summed E-state index contributed by atoms with van der Waals surface area (Å²) in [5, 5.41) is 6.24. The number of aromatic nitrogens is 1. The van der Waals surface area contributed by atoms with Gasteiger partial charge in [-0.05, 0) is 72.8 Å². The van der Waals surface area contributed by atoms with Gasteiger partial charge in [-0.15, -0.1) is 0 Å². The standard InChI is InChI=1S/C29H24N4O5S/c34-28(32-23-13-16-27-22(19-23)17-18-30-27)20-31-29(35)21-11-14-26(15-12-21)39(36,37)33(24-7-3-1-4-8-24)38-25-9-5-2-6-10-25/h1-19,30H,20H2,(H,31,35)(H,32,34). The number of aromatic amines is 1. The van der Waals surface area contributed by atoms with Crippen LogP contribution in [0.25, 0.3) is 10.9 Å². The van der Waals surface area contributed by atoms with Gasteiger partial charge in [-0.2, -0.15) is 8.42 Å². The van der Waals surface area contributed by atoms with Crippen molar-refractivity contribution < 1.29 is 22.8 Å². The zero-order chi connectivity index (χ0) is 27.2. The summed E-state index contributed by atoms with van der Waals surface area (Å²) in [5.74, 6) is -0.572. The summed E-state index contributed by atoms with van der Waals surface area (Å²) in [6.07, 6.45) is 1.81. The smallest absolute Gasteiger partial charge is 0.295 e. The number of sulfonamides is 1. The van der Waals surface area contributed by atoms with E-state index in [0.29, 0.717) is 17.1 Å². The van der Waals surface area contributed by atoms with Crippen LogP contribution >= 0.6 is 0 Å². The second-order valence-corrected chi connectivity index (χ2v) is 10.3. The maximum absolute atomic E-state index is 13.5. The van der Waals surface area contributed by atoms with Crippen molar-refractivity contribution in [3.05, 3.63) is 121 Å². The minimum atomic E-state index is -4.15. The second-order valence-electron chi connectivity index (χ2n) is 8.51. The SMILES string of the molecule is O=C(CNC(=O)c1ccc(S(=O)(=O)N(Oc2ccccc2)c2ccccc2)cc1)Nc1ccc2[nH]ccc2c1. The zero-order valence-corrected chi connectivity index (χ0v) is 21.4. The van der Waals surface area contributed by atoms with E-state index in [1.165, 1.54) is 24.3 Å². The van der Waals surface area contributed by atoms with E-state index in [-0.39, 0.29) is 17.0 Å². The van der Waals surface area contributed by atoms with E-state index in [1.807, 2.05) is 24.4 Å². The van der Waals surface area contributed by atoms with E-state index in [9.17, 15) is 18.0 Å². The van der Waals surface area contributed by atoms with E-state index >= 15 is 0 Å². The second kappa shape index (κ2) is 11.1. The third-order valence-corrected chi connectivity index (χ3v) is 7.37. The molecule has 4 aromatic carbocycles. The number of anilines is 2. The first-order valence-electron chi connectivity index (χ1n) is 12.0. The molecule has 0 saturated heterocycles. The normalized spacial score (nSPS) is 11.1. The molecule has 2 amide bonds. The molecule has 0 aliphatic carbocycles. The van der Waals surface area contributed by atoms with Gasteiger partial charge in [-0.3, -0.25) is 9.59 Å². The van der Waals surface area contributed by atoms with Gasteiger partial charge in [0.25, 0.3) is 15.9 Å². The van der Waals surface area contributed by atoms with Crippen molar-refractivity contribution >= 4 is 44.1 Å². The van der Waals surface area contributed by atoms with E-state index in [4.69, 9.17) is 4.84 Å². The molecule has 5 rings (SSSR count). The van der Waals surface area contributed by atoms with Crippen LogP contribution in [-0.4, -0.2) is 31.8 Å². The summed E-state index contributed by atoms with van der Waals surface area (Å²) in [5.41, 5.74) is 2.07. The minimum absolute atomic E-state index is 0.0725. The largest absolute Gasteiger partial charge is 0.364 e. The van der Waals surface area contributed by atoms with Crippen LogP contribution in [0.1, 0.15) is 10.4 Å². The lowest BCUT2D eigenvalue weighted by Crippen LogP contribution is -2.34. The Kier molecular flexibility index (Phi) is 7.28. The van der Waals surface area contributed by atoms with E-state index in [2.05, 4.69) is 15.6 Å². The number of rotatable bonds is 9.